The van der Waals surface area contributed by atoms with Crippen LogP contribution in [0.1, 0.15) is 26.0 Å². The molecule has 3 nitrogen and oxygen atoms in total. The van der Waals surface area contributed by atoms with Crippen molar-refractivity contribution in [2.45, 2.75) is 26.7 Å². The van der Waals surface area contributed by atoms with Gasteiger partial charge in [0.2, 0.25) is 0 Å². The van der Waals surface area contributed by atoms with Gasteiger partial charge in [-0.15, -0.1) is 0 Å². The Labute approximate surface area is 112 Å². The second kappa shape index (κ2) is 6.27. The number of nitrogens with zero attached hydrogens (tertiary/aromatic N) is 2. The first-order valence-corrected chi connectivity index (χ1v) is 6.60. The van der Waals surface area contributed by atoms with Crippen molar-refractivity contribution >= 4 is 5.82 Å². The van der Waals surface area contributed by atoms with E-state index in [4.69, 9.17) is 0 Å². The van der Waals surface area contributed by atoms with E-state index < -0.39 is 0 Å². The summed E-state index contributed by atoms with van der Waals surface area (Å²) >= 11 is 0. The number of halogens is 1. The first kappa shape index (κ1) is 13.5. The molecular formula is C15H18FN3. The number of aromatic nitrogens is 2. The predicted octanol–water partition coefficient (Wildman–Crippen LogP) is 3.67. The lowest BCUT2D eigenvalue weighted by atomic mass is 10.2. The Morgan fingerprint density at radius 1 is 1.11 bits per heavy atom. The molecule has 0 bridgehead atoms. The van der Waals surface area contributed by atoms with Crippen LogP contribution in [0, 0.1) is 5.82 Å². The monoisotopic (exact) mass is 259 g/mol. The summed E-state index contributed by atoms with van der Waals surface area (Å²) in [5.74, 6) is 1.21. The average Bonchev–Trinajstić information content (AvgIpc) is 2.45. The van der Waals surface area contributed by atoms with Crippen molar-refractivity contribution in [2.75, 3.05) is 11.9 Å². The van der Waals surface area contributed by atoms with Crippen molar-refractivity contribution in [1.82, 2.24) is 9.97 Å². The lowest BCUT2D eigenvalue weighted by molar-refractivity contribution is 0.628. The Kier molecular flexibility index (Phi) is 4.44. The molecule has 0 unspecified atom stereocenters. The van der Waals surface area contributed by atoms with Crippen molar-refractivity contribution in [2.24, 2.45) is 0 Å². The smallest absolute Gasteiger partial charge is 0.161 e. The molecule has 19 heavy (non-hydrogen) atoms. The van der Waals surface area contributed by atoms with Gasteiger partial charge in [-0.1, -0.05) is 13.8 Å². The molecular weight excluding hydrogens is 241 g/mol. The molecule has 0 atom stereocenters. The van der Waals surface area contributed by atoms with E-state index in [2.05, 4.69) is 29.1 Å². The number of rotatable bonds is 5. The minimum atomic E-state index is -0.250. The van der Waals surface area contributed by atoms with Gasteiger partial charge < -0.3 is 5.32 Å². The van der Waals surface area contributed by atoms with Crippen molar-refractivity contribution < 1.29 is 4.39 Å². The number of aryl methyl sites for hydroxylation is 1. The molecule has 2 rings (SSSR count). The molecule has 0 aliphatic carbocycles. The number of hydrogen-bond acceptors (Lipinski definition) is 3. The average molecular weight is 259 g/mol. The molecule has 0 aliphatic heterocycles. The maximum Gasteiger partial charge on any atom is 0.161 e. The van der Waals surface area contributed by atoms with E-state index in [-0.39, 0.29) is 5.82 Å². The van der Waals surface area contributed by atoms with Gasteiger partial charge in [-0.2, -0.15) is 0 Å². The molecule has 1 aromatic heterocycles. The van der Waals surface area contributed by atoms with Gasteiger partial charge in [-0.3, -0.25) is 0 Å². The molecule has 0 fully saturated rings. The number of benzene rings is 1. The predicted molar refractivity (Wildman–Crippen MR) is 75.6 cm³/mol. The van der Waals surface area contributed by atoms with Crippen LogP contribution >= 0.6 is 0 Å². The summed E-state index contributed by atoms with van der Waals surface area (Å²) in [6.07, 6.45) is 1.88. The van der Waals surface area contributed by atoms with Crippen LogP contribution in [-0.4, -0.2) is 16.5 Å². The van der Waals surface area contributed by atoms with E-state index in [1.807, 2.05) is 6.07 Å². The van der Waals surface area contributed by atoms with Crippen LogP contribution in [-0.2, 0) is 6.42 Å². The molecule has 0 radical (unpaired) electrons. The fraction of sp³-hybridized carbons (Fsp3) is 0.333. The van der Waals surface area contributed by atoms with Crippen molar-refractivity contribution in [3.8, 4) is 11.4 Å². The van der Waals surface area contributed by atoms with E-state index in [9.17, 15) is 4.39 Å². The molecule has 100 valence electrons. The Bertz CT molecular complexity index is 538. The van der Waals surface area contributed by atoms with Crippen LogP contribution in [0.5, 0.6) is 0 Å². The zero-order valence-electron chi connectivity index (χ0n) is 11.3. The SMILES string of the molecule is CCCNc1cc(CC)nc(-c2ccc(F)cc2)n1. The number of nitrogens with one attached hydrogen (secondary N) is 1. The fourth-order valence-electron chi connectivity index (χ4n) is 1.75. The second-order valence-electron chi connectivity index (χ2n) is 4.36. The minimum Gasteiger partial charge on any atom is -0.370 e. The van der Waals surface area contributed by atoms with Crippen LogP contribution in [0.15, 0.2) is 30.3 Å². The van der Waals surface area contributed by atoms with E-state index in [1.54, 1.807) is 12.1 Å². The number of anilines is 1. The maximum atomic E-state index is 12.9. The zero-order valence-corrected chi connectivity index (χ0v) is 11.3. The summed E-state index contributed by atoms with van der Waals surface area (Å²) in [6, 6.07) is 8.22. The van der Waals surface area contributed by atoms with E-state index in [0.29, 0.717) is 5.82 Å². The van der Waals surface area contributed by atoms with Crippen LogP contribution in [0.3, 0.4) is 0 Å². The van der Waals surface area contributed by atoms with Gasteiger partial charge in [0, 0.05) is 23.9 Å². The van der Waals surface area contributed by atoms with Crippen LogP contribution in [0.4, 0.5) is 10.2 Å². The van der Waals surface area contributed by atoms with Crippen LogP contribution in [0.2, 0.25) is 0 Å². The lowest BCUT2D eigenvalue weighted by Crippen LogP contribution is -2.05. The van der Waals surface area contributed by atoms with Gasteiger partial charge in [0.1, 0.15) is 11.6 Å². The molecule has 0 spiro atoms. The third-order valence-corrected chi connectivity index (χ3v) is 2.80. The molecule has 0 aliphatic rings. The number of hydrogen-bond donors (Lipinski definition) is 1. The molecule has 0 saturated heterocycles. The summed E-state index contributed by atoms with van der Waals surface area (Å²) in [4.78, 5) is 8.96. The Morgan fingerprint density at radius 3 is 2.47 bits per heavy atom. The van der Waals surface area contributed by atoms with Gasteiger partial charge in [-0.25, -0.2) is 14.4 Å². The Hall–Kier alpha value is -1.97. The standard InChI is InChI=1S/C15H18FN3/c1-3-9-17-14-10-13(4-2)18-15(19-14)11-5-7-12(16)8-6-11/h5-8,10H,3-4,9H2,1-2H3,(H,17,18,19). The summed E-state index contributed by atoms with van der Waals surface area (Å²) in [5, 5.41) is 3.27. The van der Waals surface area contributed by atoms with Gasteiger partial charge >= 0.3 is 0 Å². The third-order valence-electron chi connectivity index (χ3n) is 2.80. The van der Waals surface area contributed by atoms with E-state index in [0.717, 1.165) is 36.5 Å². The molecule has 0 saturated carbocycles. The van der Waals surface area contributed by atoms with Crippen LogP contribution < -0.4 is 5.32 Å². The first-order chi connectivity index (χ1) is 9.22. The normalized spacial score (nSPS) is 10.5. The molecule has 4 heteroatoms. The van der Waals surface area contributed by atoms with Crippen LogP contribution in [0.25, 0.3) is 11.4 Å². The van der Waals surface area contributed by atoms with Gasteiger partial charge in [-0.05, 0) is 37.1 Å². The van der Waals surface area contributed by atoms with Crippen molar-refractivity contribution in [3.05, 3.63) is 41.8 Å². The zero-order chi connectivity index (χ0) is 13.7. The Balaban J connectivity index is 2.35. The highest BCUT2D eigenvalue weighted by molar-refractivity contribution is 5.57. The third kappa shape index (κ3) is 3.50. The molecule has 2 aromatic rings. The highest BCUT2D eigenvalue weighted by Gasteiger charge is 2.06. The lowest BCUT2D eigenvalue weighted by Gasteiger charge is -2.08. The molecule has 1 N–H and O–H groups in total. The van der Waals surface area contributed by atoms with Crippen molar-refractivity contribution in [3.63, 3.8) is 0 Å². The first-order valence-electron chi connectivity index (χ1n) is 6.60. The van der Waals surface area contributed by atoms with Gasteiger partial charge in [0.15, 0.2) is 5.82 Å². The minimum absolute atomic E-state index is 0.250. The fourth-order valence-corrected chi connectivity index (χ4v) is 1.75. The molecule has 0 amide bonds. The van der Waals surface area contributed by atoms with E-state index >= 15 is 0 Å². The highest BCUT2D eigenvalue weighted by atomic mass is 19.1. The quantitative estimate of drug-likeness (QED) is 0.890. The Morgan fingerprint density at radius 2 is 1.84 bits per heavy atom. The van der Waals surface area contributed by atoms with Gasteiger partial charge in [0.25, 0.3) is 0 Å². The topological polar surface area (TPSA) is 37.8 Å². The summed E-state index contributed by atoms with van der Waals surface area (Å²) in [5.41, 5.74) is 1.81. The largest absolute Gasteiger partial charge is 0.370 e. The highest BCUT2D eigenvalue weighted by Crippen LogP contribution is 2.18. The second-order valence-corrected chi connectivity index (χ2v) is 4.36. The maximum absolute atomic E-state index is 12.9. The van der Waals surface area contributed by atoms with E-state index in [1.165, 1.54) is 12.1 Å². The molecule has 1 aromatic carbocycles. The molecule has 1 heterocycles. The van der Waals surface area contributed by atoms with Gasteiger partial charge in [0.05, 0.1) is 0 Å². The summed E-state index contributed by atoms with van der Waals surface area (Å²) in [7, 11) is 0. The van der Waals surface area contributed by atoms with Crippen molar-refractivity contribution in [1.29, 1.82) is 0 Å². The summed E-state index contributed by atoms with van der Waals surface area (Å²) in [6.45, 7) is 5.04. The summed E-state index contributed by atoms with van der Waals surface area (Å²) < 4.78 is 12.9.